The van der Waals surface area contributed by atoms with Gasteiger partial charge in [0.25, 0.3) is 5.56 Å². The molecule has 0 saturated carbocycles. The minimum absolute atomic E-state index is 0.0184. The second kappa shape index (κ2) is 6.66. The number of H-pyrrole nitrogens is 1. The maximum absolute atomic E-state index is 12.7. The average molecular weight is 345 g/mol. The normalized spacial score (nSPS) is 18.3. The minimum atomic E-state index is -4.64. The van der Waals surface area contributed by atoms with Crippen LogP contribution in [0.1, 0.15) is 25.8 Å². The molecule has 1 atom stereocenters. The van der Waals surface area contributed by atoms with Gasteiger partial charge in [-0.1, -0.05) is 13.8 Å². The van der Waals surface area contributed by atoms with Gasteiger partial charge in [0.05, 0.1) is 11.5 Å². The molecular formula is C15H18F3N3O3. The molecular weight excluding hydrogens is 327 g/mol. The van der Waals surface area contributed by atoms with E-state index in [9.17, 15) is 27.6 Å². The van der Waals surface area contributed by atoms with Crippen molar-refractivity contribution in [2.75, 3.05) is 18.4 Å². The van der Waals surface area contributed by atoms with Gasteiger partial charge < -0.3 is 15.2 Å². The molecule has 0 radical (unpaired) electrons. The lowest BCUT2D eigenvalue weighted by molar-refractivity contribution is -0.137. The van der Waals surface area contributed by atoms with Gasteiger partial charge in [-0.2, -0.15) is 13.2 Å². The van der Waals surface area contributed by atoms with E-state index >= 15 is 0 Å². The first-order chi connectivity index (χ1) is 11.1. The molecule has 9 heteroatoms. The topological polar surface area (TPSA) is 82.3 Å². The average Bonchev–Trinajstić information content (AvgIpc) is 2.80. The van der Waals surface area contributed by atoms with Crippen LogP contribution in [0.5, 0.6) is 0 Å². The molecule has 0 unspecified atom stereocenters. The molecule has 2 heterocycles. The summed E-state index contributed by atoms with van der Waals surface area (Å²) in [4.78, 5) is 39.1. The van der Waals surface area contributed by atoms with Gasteiger partial charge in [-0.05, 0) is 12.0 Å². The number of amides is 2. The van der Waals surface area contributed by atoms with Crippen LogP contribution in [0.15, 0.2) is 17.1 Å². The summed E-state index contributed by atoms with van der Waals surface area (Å²) in [5.74, 6) is -1.27. The standard InChI is InChI=1S/C15H18F3N3O3/c1-8(2)6-21-7-9(3-12(21)22)13(23)20-11-4-10(15(16,17)18)5-19-14(11)24/h4-5,8-9H,3,6-7H2,1-2H3,(H,19,24)(H,20,23)/t9-/m1/s1. The zero-order valence-electron chi connectivity index (χ0n) is 13.2. The molecule has 0 bridgehead atoms. The van der Waals surface area contributed by atoms with Gasteiger partial charge in [-0.25, -0.2) is 0 Å². The van der Waals surface area contributed by atoms with Crippen molar-refractivity contribution < 1.29 is 22.8 Å². The molecule has 0 spiro atoms. The monoisotopic (exact) mass is 345 g/mol. The first-order valence-electron chi connectivity index (χ1n) is 7.46. The van der Waals surface area contributed by atoms with E-state index in [1.807, 2.05) is 18.8 Å². The minimum Gasteiger partial charge on any atom is -0.342 e. The van der Waals surface area contributed by atoms with Crippen LogP contribution in [0.2, 0.25) is 0 Å². The van der Waals surface area contributed by atoms with E-state index in [0.29, 0.717) is 18.8 Å². The lowest BCUT2D eigenvalue weighted by Crippen LogP contribution is -2.32. The quantitative estimate of drug-likeness (QED) is 0.873. The zero-order chi connectivity index (χ0) is 18.1. The molecule has 6 nitrogen and oxygen atoms in total. The smallest absolute Gasteiger partial charge is 0.342 e. The van der Waals surface area contributed by atoms with Gasteiger partial charge in [-0.3, -0.25) is 14.4 Å². The molecule has 24 heavy (non-hydrogen) atoms. The van der Waals surface area contributed by atoms with Crippen LogP contribution < -0.4 is 10.9 Å². The molecule has 2 rings (SSSR count). The highest BCUT2D eigenvalue weighted by atomic mass is 19.4. The van der Waals surface area contributed by atoms with Crippen LogP contribution in [0.25, 0.3) is 0 Å². The van der Waals surface area contributed by atoms with E-state index in [2.05, 4.69) is 5.32 Å². The summed E-state index contributed by atoms with van der Waals surface area (Å²) in [6.07, 6.45) is -4.11. The number of pyridine rings is 1. The first kappa shape index (κ1) is 18.0. The Morgan fingerprint density at radius 1 is 1.42 bits per heavy atom. The highest BCUT2D eigenvalue weighted by Crippen LogP contribution is 2.29. The van der Waals surface area contributed by atoms with Crippen molar-refractivity contribution >= 4 is 17.5 Å². The number of anilines is 1. The molecule has 0 aromatic carbocycles. The maximum Gasteiger partial charge on any atom is 0.417 e. The first-order valence-corrected chi connectivity index (χ1v) is 7.46. The van der Waals surface area contributed by atoms with E-state index in [0.717, 1.165) is 0 Å². The lowest BCUT2D eigenvalue weighted by atomic mass is 10.1. The number of aromatic nitrogens is 1. The Bertz CT molecular complexity index is 697. The van der Waals surface area contributed by atoms with Crippen LogP contribution in [0.4, 0.5) is 18.9 Å². The Labute approximate surface area is 136 Å². The largest absolute Gasteiger partial charge is 0.417 e. The molecule has 1 aromatic rings. The van der Waals surface area contributed by atoms with Crippen molar-refractivity contribution in [3.8, 4) is 0 Å². The maximum atomic E-state index is 12.7. The predicted molar refractivity (Wildman–Crippen MR) is 80.2 cm³/mol. The fraction of sp³-hybridized carbons (Fsp3) is 0.533. The number of likely N-dealkylation sites (tertiary alicyclic amines) is 1. The zero-order valence-corrected chi connectivity index (χ0v) is 13.2. The highest BCUT2D eigenvalue weighted by Gasteiger charge is 2.35. The number of hydrogen-bond donors (Lipinski definition) is 2. The van der Waals surface area contributed by atoms with Gasteiger partial charge >= 0.3 is 6.18 Å². The number of hydrogen-bond acceptors (Lipinski definition) is 3. The number of rotatable bonds is 4. The Morgan fingerprint density at radius 2 is 2.08 bits per heavy atom. The Hall–Kier alpha value is -2.32. The van der Waals surface area contributed by atoms with E-state index in [1.54, 1.807) is 4.90 Å². The Morgan fingerprint density at radius 3 is 2.67 bits per heavy atom. The van der Waals surface area contributed by atoms with Crippen molar-refractivity contribution in [1.29, 1.82) is 0 Å². The van der Waals surface area contributed by atoms with Crippen molar-refractivity contribution in [3.63, 3.8) is 0 Å². The molecule has 0 aliphatic carbocycles. The fourth-order valence-electron chi connectivity index (χ4n) is 2.54. The third kappa shape index (κ3) is 4.15. The summed E-state index contributed by atoms with van der Waals surface area (Å²) in [6.45, 7) is 4.57. The number of halogens is 3. The van der Waals surface area contributed by atoms with Gasteiger partial charge in [0, 0.05) is 25.7 Å². The molecule has 2 N–H and O–H groups in total. The van der Waals surface area contributed by atoms with Crippen LogP contribution in [-0.2, 0) is 15.8 Å². The van der Waals surface area contributed by atoms with Crippen molar-refractivity contribution in [1.82, 2.24) is 9.88 Å². The number of carbonyl (C=O) groups is 2. The number of aromatic amines is 1. The molecule has 1 aliphatic heterocycles. The number of carbonyl (C=O) groups excluding carboxylic acids is 2. The van der Waals surface area contributed by atoms with Crippen LogP contribution in [0.3, 0.4) is 0 Å². The van der Waals surface area contributed by atoms with E-state index in [1.165, 1.54) is 0 Å². The lowest BCUT2D eigenvalue weighted by Gasteiger charge is -2.18. The summed E-state index contributed by atoms with van der Waals surface area (Å²) in [5.41, 5.74) is -2.38. The number of alkyl halides is 3. The van der Waals surface area contributed by atoms with Gasteiger partial charge in [0.15, 0.2) is 0 Å². The van der Waals surface area contributed by atoms with Crippen molar-refractivity contribution in [3.05, 3.63) is 28.2 Å². The molecule has 2 amide bonds. The van der Waals surface area contributed by atoms with Gasteiger partial charge in [0.1, 0.15) is 5.69 Å². The van der Waals surface area contributed by atoms with Crippen molar-refractivity contribution in [2.24, 2.45) is 11.8 Å². The summed E-state index contributed by atoms with van der Waals surface area (Å²) in [6, 6.07) is 0.583. The summed E-state index contributed by atoms with van der Waals surface area (Å²) >= 11 is 0. The van der Waals surface area contributed by atoms with Crippen LogP contribution >= 0.6 is 0 Å². The second-order valence-electron chi connectivity index (χ2n) is 6.21. The summed E-state index contributed by atoms with van der Waals surface area (Å²) < 4.78 is 38.0. The Balaban J connectivity index is 2.11. The third-order valence-electron chi connectivity index (χ3n) is 3.66. The summed E-state index contributed by atoms with van der Waals surface area (Å²) in [7, 11) is 0. The second-order valence-corrected chi connectivity index (χ2v) is 6.21. The van der Waals surface area contributed by atoms with E-state index < -0.39 is 34.8 Å². The molecule has 1 fully saturated rings. The molecule has 1 aliphatic rings. The predicted octanol–water partition coefficient (Wildman–Crippen LogP) is 1.84. The highest BCUT2D eigenvalue weighted by molar-refractivity contribution is 5.97. The molecule has 132 valence electrons. The summed E-state index contributed by atoms with van der Waals surface area (Å²) in [5, 5.41) is 2.20. The SMILES string of the molecule is CC(C)CN1C[C@H](C(=O)Nc2cc(C(F)(F)F)c[nH]c2=O)CC1=O. The third-order valence-corrected chi connectivity index (χ3v) is 3.66. The van der Waals surface area contributed by atoms with Crippen LogP contribution in [0, 0.1) is 11.8 Å². The van der Waals surface area contributed by atoms with Gasteiger partial charge in [-0.15, -0.1) is 0 Å². The fourth-order valence-corrected chi connectivity index (χ4v) is 2.54. The Kier molecular flexibility index (Phi) is 5.00. The van der Waals surface area contributed by atoms with Crippen LogP contribution in [-0.4, -0.2) is 34.8 Å². The molecule has 1 aromatic heterocycles. The van der Waals surface area contributed by atoms with E-state index in [-0.39, 0.29) is 24.8 Å². The molecule has 1 saturated heterocycles. The van der Waals surface area contributed by atoms with E-state index in [4.69, 9.17) is 0 Å². The van der Waals surface area contributed by atoms with Gasteiger partial charge in [0.2, 0.25) is 11.8 Å². The number of nitrogens with zero attached hydrogens (tertiary/aromatic N) is 1. The number of nitrogens with one attached hydrogen (secondary N) is 2. The van der Waals surface area contributed by atoms with Crippen molar-refractivity contribution in [2.45, 2.75) is 26.4 Å².